The maximum atomic E-state index is 11.9. The molecule has 0 spiro atoms. The van der Waals surface area contributed by atoms with Gasteiger partial charge in [0.2, 0.25) is 11.8 Å². The Labute approximate surface area is 149 Å². The van der Waals surface area contributed by atoms with Gasteiger partial charge >= 0.3 is 0 Å². The first-order chi connectivity index (χ1) is 11.3. The zero-order chi connectivity index (χ0) is 17.7. The average molecular weight is 365 g/mol. The molecule has 7 heteroatoms. The lowest BCUT2D eigenvalue weighted by atomic mass is 10.1. The van der Waals surface area contributed by atoms with Gasteiger partial charge in [0, 0.05) is 16.3 Å². The van der Waals surface area contributed by atoms with Crippen molar-refractivity contribution in [3.63, 3.8) is 0 Å². The minimum absolute atomic E-state index is 0.0629. The van der Waals surface area contributed by atoms with Crippen LogP contribution in [0.25, 0.3) is 0 Å². The number of hydrogen-bond acceptors (Lipinski definition) is 3. The van der Waals surface area contributed by atoms with Gasteiger partial charge in [-0.15, -0.1) is 0 Å². The SMILES string of the molecule is CC(=O)c1ccc(NC(=O)CC(=O)Nc2ccc(Cl)cc2Cl)cc1. The minimum atomic E-state index is -0.503. The highest BCUT2D eigenvalue weighted by Gasteiger charge is 2.12. The number of benzene rings is 2. The molecule has 2 N–H and O–H groups in total. The average Bonchev–Trinajstić information content (AvgIpc) is 2.50. The lowest BCUT2D eigenvalue weighted by Crippen LogP contribution is -2.21. The second-order valence-corrected chi connectivity index (χ2v) is 5.87. The molecule has 2 aromatic carbocycles. The maximum Gasteiger partial charge on any atom is 0.233 e. The topological polar surface area (TPSA) is 75.3 Å². The van der Waals surface area contributed by atoms with E-state index in [1.807, 2.05) is 0 Å². The van der Waals surface area contributed by atoms with E-state index >= 15 is 0 Å². The van der Waals surface area contributed by atoms with Crippen molar-refractivity contribution in [2.75, 3.05) is 10.6 Å². The van der Waals surface area contributed by atoms with E-state index in [1.54, 1.807) is 36.4 Å². The summed E-state index contributed by atoms with van der Waals surface area (Å²) in [6, 6.07) is 11.0. The molecule has 0 saturated carbocycles. The summed E-state index contributed by atoms with van der Waals surface area (Å²) >= 11 is 11.7. The molecule has 0 bridgehead atoms. The van der Waals surface area contributed by atoms with Gasteiger partial charge in [0.05, 0.1) is 10.7 Å². The number of ketones is 1. The van der Waals surface area contributed by atoms with Gasteiger partial charge in [-0.1, -0.05) is 23.2 Å². The van der Waals surface area contributed by atoms with E-state index < -0.39 is 11.8 Å². The van der Waals surface area contributed by atoms with Crippen LogP contribution in [0.2, 0.25) is 10.0 Å². The Bertz CT molecular complexity index is 789. The lowest BCUT2D eigenvalue weighted by Gasteiger charge is -2.08. The van der Waals surface area contributed by atoms with Crippen molar-refractivity contribution in [2.45, 2.75) is 13.3 Å². The molecule has 0 aromatic heterocycles. The maximum absolute atomic E-state index is 11.9. The molecule has 2 amide bonds. The number of hydrogen-bond donors (Lipinski definition) is 2. The molecule has 0 atom stereocenters. The molecule has 0 heterocycles. The normalized spacial score (nSPS) is 10.1. The Hall–Kier alpha value is -2.37. The molecule has 2 aromatic rings. The molecule has 2 rings (SSSR count). The van der Waals surface area contributed by atoms with Gasteiger partial charge in [0.1, 0.15) is 6.42 Å². The third-order valence-electron chi connectivity index (χ3n) is 3.10. The summed E-state index contributed by atoms with van der Waals surface area (Å²) in [4.78, 5) is 35.0. The third-order valence-corrected chi connectivity index (χ3v) is 3.65. The number of rotatable bonds is 5. The summed E-state index contributed by atoms with van der Waals surface area (Å²) in [5, 5.41) is 5.86. The fourth-order valence-corrected chi connectivity index (χ4v) is 2.38. The molecule has 0 aliphatic rings. The van der Waals surface area contributed by atoms with Gasteiger partial charge in [-0.05, 0) is 49.4 Å². The molecule has 0 saturated heterocycles. The van der Waals surface area contributed by atoms with Gasteiger partial charge in [-0.2, -0.15) is 0 Å². The van der Waals surface area contributed by atoms with Crippen LogP contribution in [0.4, 0.5) is 11.4 Å². The zero-order valence-corrected chi connectivity index (χ0v) is 14.2. The Morgan fingerprint density at radius 1 is 0.917 bits per heavy atom. The molecule has 5 nitrogen and oxygen atoms in total. The van der Waals surface area contributed by atoms with Crippen molar-refractivity contribution in [3.05, 3.63) is 58.1 Å². The van der Waals surface area contributed by atoms with Crippen molar-refractivity contribution in [1.82, 2.24) is 0 Å². The van der Waals surface area contributed by atoms with E-state index in [9.17, 15) is 14.4 Å². The Morgan fingerprint density at radius 3 is 2.12 bits per heavy atom. The Morgan fingerprint density at radius 2 is 1.54 bits per heavy atom. The molecule has 0 unspecified atom stereocenters. The minimum Gasteiger partial charge on any atom is -0.326 e. The smallest absolute Gasteiger partial charge is 0.233 e. The predicted octanol–water partition coefficient (Wildman–Crippen LogP) is 4.16. The first-order valence-corrected chi connectivity index (χ1v) is 7.76. The summed E-state index contributed by atoms with van der Waals surface area (Å²) in [7, 11) is 0. The highest BCUT2D eigenvalue weighted by molar-refractivity contribution is 6.36. The number of Topliss-reactive ketones (excluding diaryl/α,β-unsaturated/α-hetero) is 1. The summed E-state index contributed by atoms with van der Waals surface area (Å²) in [5.74, 6) is -1.04. The van der Waals surface area contributed by atoms with Crippen molar-refractivity contribution < 1.29 is 14.4 Å². The zero-order valence-electron chi connectivity index (χ0n) is 12.7. The van der Waals surface area contributed by atoms with Crippen LogP contribution >= 0.6 is 23.2 Å². The highest BCUT2D eigenvalue weighted by Crippen LogP contribution is 2.25. The molecular weight excluding hydrogens is 351 g/mol. The Kier molecular flexibility index (Phi) is 5.95. The molecule has 0 aliphatic heterocycles. The van der Waals surface area contributed by atoms with Crippen LogP contribution in [-0.2, 0) is 9.59 Å². The third kappa shape index (κ3) is 5.08. The summed E-state index contributed by atoms with van der Waals surface area (Å²) in [6.45, 7) is 1.46. The van der Waals surface area contributed by atoms with E-state index in [0.29, 0.717) is 22.0 Å². The van der Waals surface area contributed by atoms with Crippen LogP contribution in [-0.4, -0.2) is 17.6 Å². The van der Waals surface area contributed by atoms with Crippen LogP contribution in [0.1, 0.15) is 23.7 Å². The quantitative estimate of drug-likeness (QED) is 0.617. The van der Waals surface area contributed by atoms with Gasteiger partial charge in [-0.3, -0.25) is 14.4 Å². The van der Waals surface area contributed by atoms with Crippen molar-refractivity contribution in [1.29, 1.82) is 0 Å². The number of carbonyl (C=O) groups excluding carboxylic acids is 3. The second-order valence-electron chi connectivity index (χ2n) is 5.03. The largest absolute Gasteiger partial charge is 0.326 e. The highest BCUT2D eigenvalue weighted by atomic mass is 35.5. The fourth-order valence-electron chi connectivity index (χ4n) is 1.92. The number of halogens is 2. The molecule has 0 fully saturated rings. The summed E-state index contributed by atoms with van der Waals surface area (Å²) in [6.07, 6.45) is -0.368. The van der Waals surface area contributed by atoms with E-state index in [-0.39, 0.29) is 17.2 Å². The summed E-state index contributed by atoms with van der Waals surface area (Å²) < 4.78 is 0. The van der Waals surface area contributed by atoms with Crippen LogP contribution < -0.4 is 10.6 Å². The second kappa shape index (κ2) is 7.95. The first-order valence-electron chi connectivity index (χ1n) is 7.01. The van der Waals surface area contributed by atoms with Crippen molar-refractivity contribution in [3.8, 4) is 0 Å². The van der Waals surface area contributed by atoms with Crippen LogP contribution in [0.5, 0.6) is 0 Å². The monoisotopic (exact) mass is 364 g/mol. The van der Waals surface area contributed by atoms with Crippen LogP contribution in [0.15, 0.2) is 42.5 Å². The summed E-state index contributed by atoms with van der Waals surface area (Å²) in [5.41, 5.74) is 1.43. The molecule has 0 radical (unpaired) electrons. The first kappa shape index (κ1) is 18.0. The van der Waals surface area contributed by atoms with Crippen molar-refractivity contribution in [2.24, 2.45) is 0 Å². The number of carbonyl (C=O) groups is 3. The van der Waals surface area contributed by atoms with E-state index in [0.717, 1.165) is 0 Å². The number of amides is 2. The van der Waals surface area contributed by atoms with Gasteiger partial charge < -0.3 is 10.6 Å². The van der Waals surface area contributed by atoms with E-state index in [1.165, 1.54) is 13.0 Å². The fraction of sp³-hybridized carbons (Fsp3) is 0.118. The van der Waals surface area contributed by atoms with Gasteiger partial charge in [-0.25, -0.2) is 0 Å². The lowest BCUT2D eigenvalue weighted by molar-refractivity contribution is -0.123. The molecule has 124 valence electrons. The Balaban J connectivity index is 1.91. The van der Waals surface area contributed by atoms with E-state index in [2.05, 4.69) is 10.6 Å². The van der Waals surface area contributed by atoms with Crippen LogP contribution in [0, 0.1) is 0 Å². The molecule has 0 aliphatic carbocycles. The van der Waals surface area contributed by atoms with Gasteiger partial charge in [0.15, 0.2) is 5.78 Å². The standard InChI is InChI=1S/C17H14Cl2N2O3/c1-10(22)11-2-5-13(6-3-11)20-16(23)9-17(24)21-15-7-4-12(18)8-14(15)19/h2-8H,9H2,1H3,(H,20,23)(H,21,24). The van der Waals surface area contributed by atoms with Crippen LogP contribution in [0.3, 0.4) is 0 Å². The number of nitrogens with one attached hydrogen (secondary N) is 2. The predicted molar refractivity (Wildman–Crippen MR) is 94.8 cm³/mol. The van der Waals surface area contributed by atoms with Gasteiger partial charge in [0.25, 0.3) is 0 Å². The number of anilines is 2. The molecule has 24 heavy (non-hydrogen) atoms. The van der Waals surface area contributed by atoms with Crippen molar-refractivity contribution >= 4 is 52.2 Å². The molecular formula is C17H14Cl2N2O3. The van der Waals surface area contributed by atoms with E-state index in [4.69, 9.17) is 23.2 Å².